The van der Waals surface area contributed by atoms with Crippen LogP contribution in [0.15, 0.2) is 6.07 Å². The second kappa shape index (κ2) is 6.61. The molecule has 0 bridgehead atoms. The summed E-state index contributed by atoms with van der Waals surface area (Å²) < 4.78 is 28.3. The van der Waals surface area contributed by atoms with Gasteiger partial charge >= 0.3 is 0 Å². The third-order valence-corrected chi connectivity index (χ3v) is 7.75. The third-order valence-electron chi connectivity index (χ3n) is 5.92. The average molecular weight is 382 g/mol. The van der Waals surface area contributed by atoms with Crippen molar-refractivity contribution >= 4 is 15.7 Å². The summed E-state index contributed by atoms with van der Waals surface area (Å²) in [5.41, 5.74) is 1.92. The molecule has 3 saturated heterocycles. The van der Waals surface area contributed by atoms with E-state index < -0.39 is 9.84 Å². The quantitative estimate of drug-likeness (QED) is 0.751. The van der Waals surface area contributed by atoms with Crippen LogP contribution in [0.5, 0.6) is 0 Å². The average Bonchev–Trinajstić information content (AvgIpc) is 3.10. The van der Waals surface area contributed by atoms with Gasteiger partial charge in [0.1, 0.15) is 0 Å². The molecule has 9 heteroatoms. The van der Waals surface area contributed by atoms with Crippen LogP contribution in [0.2, 0.25) is 0 Å². The summed E-state index contributed by atoms with van der Waals surface area (Å²) in [6, 6.07) is 1.80. The van der Waals surface area contributed by atoms with Gasteiger partial charge in [-0.25, -0.2) is 8.42 Å². The lowest BCUT2D eigenvalue weighted by atomic mass is 9.71. The van der Waals surface area contributed by atoms with Gasteiger partial charge in [0, 0.05) is 44.0 Å². The van der Waals surface area contributed by atoms with Crippen molar-refractivity contribution in [1.82, 2.24) is 20.4 Å². The Bertz CT molecular complexity index is 772. The summed E-state index contributed by atoms with van der Waals surface area (Å²) in [5.74, 6) is -0.00222. The lowest BCUT2D eigenvalue weighted by Gasteiger charge is -2.38. The standard InChI is InChI=1S/C17H26N4O4S/c1-12-6-13(20-19-12)7-21-8-15(17(11-21)2-4-25-5-3-17)16(22)18-14-9-26(23,24)10-14/h6,14-15H,2-5,7-11H2,1H3,(H,18,22)(H,19,20)/t15-/m0/s1. The van der Waals surface area contributed by atoms with Crippen LogP contribution in [-0.2, 0) is 25.9 Å². The van der Waals surface area contributed by atoms with Gasteiger partial charge in [-0.1, -0.05) is 0 Å². The van der Waals surface area contributed by atoms with Crippen LogP contribution in [0, 0.1) is 18.3 Å². The number of carbonyl (C=O) groups excluding carboxylic acids is 1. The highest BCUT2D eigenvalue weighted by Crippen LogP contribution is 2.44. The molecule has 144 valence electrons. The van der Waals surface area contributed by atoms with E-state index in [0.717, 1.165) is 30.8 Å². The van der Waals surface area contributed by atoms with E-state index >= 15 is 0 Å². The van der Waals surface area contributed by atoms with Gasteiger partial charge in [-0.15, -0.1) is 0 Å². The molecule has 1 aromatic rings. The number of nitrogens with zero attached hydrogens (tertiary/aromatic N) is 2. The molecule has 0 aliphatic carbocycles. The highest BCUT2D eigenvalue weighted by molar-refractivity contribution is 7.92. The van der Waals surface area contributed by atoms with Crippen molar-refractivity contribution in [2.75, 3.05) is 37.8 Å². The number of sulfone groups is 1. The van der Waals surface area contributed by atoms with Gasteiger partial charge in [0.15, 0.2) is 9.84 Å². The number of amides is 1. The fourth-order valence-corrected chi connectivity index (χ4v) is 5.87. The van der Waals surface area contributed by atoms with E-state index in [2.05, 4.69) is 20.4 Å². The second-order valence-electron chi connectivity index (χ2n) is 8.02. The van der Waals surface area contributed by atoms with Crippen LogP contribution < -0.4 is 5.32 Å². The number of ether oxygens (including phenoxy) is 1. The second-order valence-corrected chi connectivity index (χ2v) is 10.2. The van der Waals surface area contributed by atoms with Gasteiger partial charge in [-0.05, 0) is 25.8 Å². The molecule has 1 atom stereocenters. The number of aromatic nitrogens is 2. The van der Waals surface area contributed by atoms with Crippen molar-refractivity contribution in [3.05, 3.63) is 17.5 Å². The highest BCUT2D eigenvalue weighted by atomic mass is 32.2. The Balaban J connectivity index is 1.46. The van der Waals surface area contributed by atoms with Crippen LogP contribution in [-0.4, -0.2) is 73.3 Å². The first-order valence-corrected chi connectivity index (χ1v) is 11.0. The number of hydrogen-bond donors (Lipinski definition) is 2. The van der Waals surface area contributed by atoms with E-state index in [1.807, 2.05) is 13.0 Å². The molecule has 3 fully saturated rings. The molecule has 1 amide bonds. The zero-order valence-electron chi connectivity index (χ0n) is 15.0. The van der Waals surface area contributed by atoms with E-state index in [-0.39, 0.29) is 34.8 Å². The van der Waals surface area contributed by atoms with Gasteiger partial charge < -0.3 is 10.1 Å². The number of aromatic amines is 1. The number of rotatable bonds is 4. The van der Waals surface area contributed by atoms with Crippen LogP contribution in [0.3, 0.4) is 0 Å². The molecule has 4 rings (SSSR count). The number of H-pyrrole nitrogens is 1. The molecule has 3 aliphatic heterocycles. The zero-order valence-corrected chi connectivity index (χ0v) is 15.8. The van der Waals surface area contributed by atoms with E-state index in [1.54, 1.807) is 0 Å². The summed E-state index contributed by atoms with van der Waals surface area (Å²) in [6.07, 6.45) is 1.73. The van der Waals surface area contributed by atoms with E-state index in [4.69, 9.17) is 4.74 Å². The Morgan fingerprint density at radius 3 is 2.77 bits per heavy atom. The number of aryl methyl sites for hydroxylation is 1. The van der Waals surface area contributed by atoms with E-state index in [9.17, 15) is 13.2 Å². The van der Waals surface area contributed by atoms with Gasteiger partial charge in [-0.3, -0.25) is 14.8 Å². The normalized spacial score (nSPS) is 28.1. The van der Waals surface area contributed by atoms with Crippen molar-refractivity contribution in [2.45, 2.75) is 32.4 Å². The molecular weight excluding hydrogens is 356 g/mol. The lowest BCUT2D eigenvalue weighted by molar-refractivity contribution is -0.130. The maximum atomic E-state index is 12.9. The number of likely N-dealkylation sites (tertiary alicyclic amines) is 1. The summed E-state index contributed by atoms with van der Waals surface area (Å²) in [6.45, 7) is 5.58. The van der Waals surface area contributed by atoms with Gasteiger partial charge in [0.2, 0.25) is 5.91 Å². The van der Waals surface area contributed by atoms with Crippen molar-refractivity contribution in [1.29, 1.82) is 0 Å². The van der Waals surface area contributed by atoms with Gasteiger partial charge in [-0.2, -0.15) is 5.10 Å². The third kappa shape index (κ3) is 3.52. The molecule has 2 N–H and O–H groups in total. The van der Waals surface area contributed by atoms with Crippen LogP contribution in [0.1, 0.15) is 24.2 Å². The van der Waals surface area contributed by atoms with Crippen molar-refractivity contribution < 1.29 is 17.9 Å². The maximum Gasteiger partial charge on any atom is 0.225 e. The predicted molar refractivity (Wildman–Crippen MR) is 95.2 cm³/mol. The first-order chi connectivity index (χ1) is 12.4. The molecular formula is C17H26N4O4S. The summed E-state index contributed by atoms with van der Waals surface area (Å²) in [4.78, 5) is 15.2. The van der Waals surface area contributed by atoms with E-state index in [1.165, 1.54) is 0 Å². The first kappa shape index (κ1) is 17.9. The molecule has 0 saturated carbocycles. The smallest absolute Gasteiger partial charge is 0.225 e. The minimum atomic E-state index is -2.94. The van der Waals surface area contributed by atoms with E-state index in [0.29, 0.717) is 26.3 Å². The molecule has 0 radical (unpaired) electrons. The summed E-state index contributed by atoms with van der Waals surface area (Å²) >= 11 is 0. The monoisotopic (exact) mass is 382 g/mol. The molecule has 0 aromatic carbocycles. The SMILES string of the molecule is Cc1cc(CN2C[C@@H](C(=O)NC3CS(=O)(=O)C3)C3(CCOCC3)C2)n[nH]1. The zero-order chi connectivity index (χ0) is 18.4. The van der Waals surface area contributed by atoms with Crippen molar-refractivity contribution in [2.24, 2.45) is 11.3 Å². The molecule has 3 aliphatic rings. The van der Waals surface area contributed by atoms with Gasteiger partial charge in [0.05, 0.1) is 29.2 Å². The minimum Gasteiger partial charge on any atom is -0.381 e. The highest BCUT2D eigenvalue weighted by Gasteiger charge is 2.51. The Morgan fingerprint density at radius 2 is 2.15 bits per heavy atom. The molecule has 1 aromatic heterocycles. The molecule has 26 heavy (non-hydrogen) atoms. The Labute approximate surface area is 153 Å². The number of nitrogens with one attached hydrogen (secondary N) is 2. The molecule has 8 nitrogen and oxygen atoms in total. The fourth-order valence-electron chi connectivity index (χ4n) is 4.57. The molecule has 4 heterocycles. The largest absolute Gasteiger partial charge is 0.381 e. The lowest BCUT2D eigenvalue weighted by Crippen LogP contribution is -2.56. The Morgan fingerprint density at radius 1 is 1.42 bits per heavy atom. The Kier molecular flexibility index (Phi) is 4.56. The van der Waals surface area contributed by atoms with Crippen molar-refractivity contribution in [3.63, 3.8) is 0 Å². The number of carbonyl (C=O) groups is 1. The van der Waals surface area contributed by atoms with Crippen LogP contribution in [0.25, 0.3) is 0 Å². The Hall–Kier alpha value is -1.45. The topological polar surface area (TPSA) is 104 Å². The van der Waals surface area contributed by atoms with Crippen LogP contribution >= 0.6 is 0 Å². The maximum absolute atomic E-state index is 12.9. The van der Waals surface area contributed by atoms with Gasteiger partial charge in [0.25, 0.3) is 0 Å². The fraction of sp³-hybridized carbons (Fsp3) is 0.765. The molecule has 0 unspecified atom stereocenters. The predicted octanol–water partition coefficient (Wildman–Crippen LogP) is -0.140. The molecule has 1 spiro atoms. The number of hydrogen-bond acceptors (Lipinski definition) is 6. The summed E-state index contributed by atoms with van der Waals surface area (Å²) in [7, 11) is -2.94. The van der Waals surface area contributed by atoms with Crippen molar-refractivity contribution in [3.8, 4) is 0 Å². The summed E-state index contributed by atoms with van der Waals surface area (Å²) in [5, 5.41) is 10.2. The minimum absolute atomic E-state index is 0.00694. The van der Waals surface area contributed by atoms with Crippen LogP contribution in [0.4, 0.5) is 0 Å². The first-order valence-electron chi connectivity index (χ1n) is 9.17.